The maximum atomic E-state index is 9.49. The molecule has 1 aromatic rings. The van der Waals surface area contributed by atoms with Gasteiger partial charge >= 0.3 is 0 Å². The van der Waals surface area contributed by atoms with Crippen LogP contribution in [0.1, 0.15) is 31.9 Å². The summed E-state index contributed by atoms with van der Waals surface area (Å²) in [5, 5.41) is 9.49. The van der Waals surface area contributed by atoms with Crippen molar-refractivity contribution in [1.82, 2.24) is 0 Å². The van der Waals surface area contributed by atoms with E-state index in [2.05, 4.69) is 38.6 Å². The summed E-state index contributed by atoms with van der Waals surface area (Å²) in [6.45, 7) is 9.27. The third-order valence-corrected chi connectivity index (χ3v) is 2.71. The molecule has 1 atom stereocenters. The molecule has 0 aromatic heterocycles. The number of quaternary nitrogens is 1. The normalized spacial score (nSPS) is 13.5. The molecule has 0 aliphatic rings. The van der Waals surface area contributed by atoms with Crippen molar-refractivity contribution in [3.05, 3.63) is 29.3 Å². The first-order chi connectivity index (χ1) is 7.84. The van der Waals surface area contributed by atoms with E-state index in [-0.39, 0.29) is 5.41 Å². The van der Waals surface area contributed by atoms with Crippen molar-refractivity contribution in [2.45, 2.75) is 39.2 Å². The molecule has 0 radical (unpaired) electrons. The van der Waals surface area contributed by atoms with Gasteiger partial charge in [-0.1, -0.05) is 32.9 Å². The molecule has 0 bridgehead atoms. The van der Waals surface area contributed by atoms with Crippen molar-refractivity contribution < 1.29 is 15.6 Å². The molecule has 96 valence electrons. The predicted octanol–water partition coefficient (Wildman–Crippen LogP) is 1.27. The minimum atomic E-state index is -0.497. The highest BCUT2D eigenvalue weighted by molar-refractivity contribution is 5.41. The molecular weight excluding hydrogens is 214 g/mol. The second kappa shape index (κ2) is 5.52. The average Bonchev–Trinajstić information content (AvgIpc) is 2.24. The second-order valence-electron chi connectivity index (χ2n) is 5.50. The Morgan fingerprint density at radius 1 is 1.35 bits per heavy atom. The van der Waals surface area contributed by atoms with Gasteiger partial charge in [-0.2, -0.15) is 0 Å². The summed E-state index contributed by atoms with van der Waals surface area (Å²) in [5.41, 5.74) is 6.03. The van der Waals surface area contributed by atoms with Crippen LogP contribution in [0.25, 0.3) is 0 Å². The lowest BCUT2D eigenvalue weighted by Gasteiger charge is -2.23. The van der Waals surface area contributed by atoms with Crippen LogP contribution < -0.4 is 10.5 Å². The zero-order chi connectivity index (χ0) is 13.1. The molecule has 4 N–H and O–H groups in total. The van der Waals surface area contributed by atoms with Gasteiger partial charge in [-0.05, 0) is 29.5 Å². The van der Waals surface area contributed by atoms with E-state index in [4.69, 9.17) is 4.74 Å². The van der Waals surface area contributed by atoms with Gasteiger partial charge in [-0.3, -0.25) is 0 Å². The van der Waals surface area contributed by atoms with E-state index < -0.39 is 6.10 Å². The molecule has 1 aromatic carbocycles. The Bertz CT molecular complexity index is 369. The van der Waals surface area contributed by atoms with Crippen molar-refractivity contribution >= 4 is 0 Å². The van der Waals surface area contributed by atoms with Crippen molar-refractivity contribution in [3.8, 4) is 5.75 Å². The number of hydrogen-bond donors (Lipinski definition) is 2. The first-order valence-corrected chi connectivity index (χ1v) is 6.06. The minimum absolute atomic E-state index is 0.0401. The number of rotatable bonds is 4. The summed E-state index contributed by atoms with van der Waals surface area (Å²) >= 11 is 0. The largest absolute Gasteiger partial charge is 0.490 e. The van der Waals surface area contributed by atoms with E-state index >= 15 is 0 Å². The summed E-state index contributed by atoms with van der Waals surface area (Å²) in [6.07, 6.45) is -0.497. The highest BCUT2D eigenvalue weighted by atomic mass is 16.5. The third kappa shape index (κ3) is 4.02. The molecule has 0 fully saturated rings. The van der Waals surface area contributed by atoms with Crippen LogP contribution in [-0.4, -0.2) is 24.4 Å². The zero-order valence-electron chi connectivity index (χ0n) is 11.3. The van der Waals surface area contributed by atoms with E-state index in [1.807, 2.05) is 13.0 Å². The SMILES string of the molecule is Cc1ccc(C(C)(C)C)c(OC[C@@H](O)C[NH3+])c1. The Morgan fingerprint density at radius 2 is 2.00 bits per heavy atom. The van der Waals surface area contributed by atoms with E-state index in [1.54, 1.807) is 0 Å². The molecule has 0 aliphatic heterocycles. The Balaban J connectivity index is 2.92. The fraction of sp³-hybridized carbons (Fsp3) is 0.571. The summed E-state index contributed by atoms with van der Waals surface area (Å²) in [4.78, 5) is 0. The summed E-state index contributed by atoms with van der Waals surface area (Å²) < 4.78 is 5.71. The summed E-state index contributed by atoms with van der Waals surface area (Å²) in [7, 11) is 0. The zero-order valence-corrected chi connectivity index (χ0v) is 11.3. The van der Waals surface area contributed by atoms with Gasteiger partial charge in [0.25, 0.3) is 0 Å². The fourth-order valence-electron chi connectivity index (χ4n) is 1.64. The summed E-state index contributed by atoms with van der Waals surface area (Å²) in [5.74, 6) is 0.866. The van der Waals surface area contributed by atoms with Crippen LogP contribution in [0.5, 0.6) is 5.75 Å². The number of ether oxygens (including phenoxy) is 1. The highest BCUT2D eigenvalue weighted by Crippen LogP contribution is 2.32. The van der Waals surface area contributed by atoms with Crippen LogP contribution in [0.15, 0.2) is 18.2 Å². The van der Waals surface area contributed by atoms with Crippen LogP contribution >= 0.6 is 0 Å². The first kappa shape index (κ1) is 14.0. The number of hydrogen-bond acceptors (Lipinski definition) is 2. The molecule has 0 aliphatic carbocycles. The van der Waals surface area contributed by atoms with Crippen LogP contribution in [-0.2, 0) is 5.41 Å². The lowest BCUT2D eigenvalue weighted by molar-refractivity contribution is -0.384. The van der Waals surface area contributed by atoms with Gasteiger partial charge in [-0.15, -0.1) is 0 Å². The maximum Gasteiger partial charge on any atom is 0.136 e. The molecule has 0 unspecified atom stereocenters. The molecule has 17 heavy (non-hydrogen) atoms. The Morgan fingerprint density at radius 3 is 2.53 bits per heavy atom. The number of benzene rings is 1. The molecule has 3 nitrogen and oxygen atoms in total. The third-order valence-electron chi connectivity index (χ3n) is 2.71. The molecule has 3 heteroatoms. The van der Waals surface area contributed by atoms with Gasteiger partial charge in [0.15, 0.2) is 0 Å². The molecule has 0 saturated heterocycles. The van der Waals surface area contributed by atoms with Crippen LogP contribution in [0.4, 0.5) is 0 Å². The monoisotopic (exact) mass is 238 g/mol. The van der Waals surface area contributed by atoms with Crippen molar-refractivity contribution in [2.75, 3.05) is 13.2 Å². The van der Waals surface area contributed by atoms with Gasteiger partial charge in [-0.25, -0.2) is 0 Å². The quantitative estimate of drug-likeness (QED) is 0.830. The molecule has 1 rings (SSSR count). The van der Waals surface area contributed by atoms with Crippen molar-refractivity contribution in [2.24, 2.45) is 0 Å². The van der Waals surface area contributed by atoms with Gasteiger partial charge < -0.3 is 15.6 Å². The Kier molecular flexibility index (Phi) is 4.54. The second-order valence-corrected chi connectivity index (χ2v) is 5.50. The average molecular weight is 238 g/mol. The molecular formula is C14H24NO2+. The van der Waals surface area contributed by atoms with Gasteiger partial charge in [0, 0.05) is 0 Å². The van der Waals surface area contributed by atoms with E-state index in [0.717, 1.165) is 11.3 Å². The van der Waals surface area contributed by atoms with Crippen LogP contribution in [0, 0.1) is 6.92 Å². The molecule has 0 saturated carbocycles. The highest BCUT2D eigenvalue weighted by Gasteiger charge is 2.19. The topological polar surface area (TPSA) is 57.1 Å². The maximum absolute atomic E-state index is 9.49. The fourth-order valence-corrected chi connectivity index (χ4v) is 1.64. The Hall–Kier alpha value is -1.06. The number of aliphatic hydroxyl groups excluding tert-OH is 1. The van der Waals surface area contributed by atoms with Gasteiger partial charge in [0.05, 0.1) is 0 Å². The lowest BCUT2D eigenvalue weighted by atomic mass is 9.86. The first-order valence-electron chi connectivity index (χ1n) is 6.06. The lowest BCUT2D eigenvalue weighted by Crippen LogP contribution is -2.56. The summed E-state index contributed by atoms with van der Waals surface area (Å²) in [6, 6.07) is 6.21. The predicted molar refractivity (Wildman–Crippen MR) is 69.1 cm³/mol. The van der Waals surface area contributed by atoms with Crippen LogP contribution in [0.2, 0.25) is 0 Å². The smallest absolute Gasteiger partial charge is 0.136 e. The number of aliphatic hydroxyl groups is 1. The van der Waals surface area contributed by atoms with Crippen molar-refractivity contribution in [3.63, 3.8) is 0 Å². The van der Waals surface area contributed by atoms with E-state index in [1.165, 1.54) is 5.56 Å². The minimum Gasteiger partial charge on any atom is -0.490 e. The Labute approximate surface area is 104 Å². The van der Waals surface area contributed by atoms with Crippen molar-refractivity contribution in [1.29, 1.82) is 0 Å². The van der Waals surface area contributed by atoms with E-state index in [9.17, 15) is 5.11 Å². The number of aryl methyl sites for hydroxylation is 1. The molecule has 0 heterocycles. The standard InChI is InChI=1S/C14H23NO2/c1-10-5-6-12(14(2,3)4)13(7-10)17-9-11(16)8-15/h5-7,11,16H,8-9,15H2,1-4H3/p+1/t11-/m0/s1. The van der Waals surface area contributed by atoms with Crippen LogP contribution in [0.3, 0.4) is 0 Å². The molecule has 0 amide bonds. The van der Waals surface area contributed by atoms with Gasteiger partial charge in [0.2, 0.25) is 0 Å². The molecule has 0 spiro atoms. The van der Waals surface area contributed by atoms with Gasteiger partial charge in [0.1, 0.15) is 25.0 Å². The van der Waals surface area contributed by atoms with E-state index in [0.29, 0.717) is 13.2 Å².